The lowest BCUT2D eigenvalue weighted by Gasteiger charge is -2.26. The molecule has 0 bridgehead atoms. The Balaban J connectivity index is 1.48. The molecule has 0 saturated carbocycles. The average molecular weight is 341 g/mol. The summed E-state index contributed by atoms with van der Waals surface area (Å²) < 4.78 is 11.1. The lowest BCUT2D eigenvalue weighted by molar-refractivity contribution is 0.0322. The Hall–Kier alpha value is -2.44. The zero-order valence-electron chi connectivity index (χ0n) is 14.4. The maximum atomic E-state index is 12.3. The molecule has 6 nitrogen and oxygen atoms in total. The minimum atomic E-state index is -0.161. The van der Waals surface area contributed by atoms with Gasteiger partial charge in [-0.25, -0.2) is 0 Å². The summed E-state index contributed by atoms with van der Waals surface area (Å²) in [7, 11) is 0. The largest absolute Gasteiger partial charge is 0.492 e. The number of rotatable bonds is 6. The number of anilines is 1. The van der Waals surface area contributed by atoms with Gasteiger partial charge in [0.1, 0.15) is 12.4 Å². The maximum Gasteiger partial charge on any atom is 0.257 e. The number of nitrogens with zero attached hydrogens (tertiary/aromatic N) is 2. The summed E-state index contributed by atoms with van der Waals surface area (Å²) in [5.41, 5.74) is 2.02. The number of amides is 1. The number of aromatic nitrogens is 1. The van der Waals surface area contributed by atoms with Crippen LogP contribution in [-0.2, 0) is 4.74 Å². The van der Waals surface area contributed by atoms with Crippen molar-refractivity contribution in [1.29, 1.82) is 0 Å². The summed E-state index contributed by atoms with van der Waals surface area (Å²) in [4.78, 5) is 18.7. The Morgan fingerprint density at radius 2 is 2.00 bits per heavy atom. The molecule has 0 radical (unpaired) electrons. The van der Waals surface area contributed by atoms with Crippen LogP contribution in [-0.4, -0.2) is 55.2 Å². The van der Waals surface area contributed by atoms with E-state index < -0.39 is 0 Å². The van der Waals surface area contributed by atoms with Crippen molar-refractivity contribution in [2.24, 2.45) is 0 Å². The van der Waals surface area contributed by atoms with Crippen molar-refractivity contribution in [3.05, 3.63) is 53.9 Å². The van der Waals surface area contributed by atoms with E-state index in [-0.39, 0.29) is 5.91 Å². The first kappa shape index (κ1) is 17.4. The molecule has 1 amide bonds. The molecule has 0 aliphatic carbocycles. The van der Waals surface area contributed by atoms with Crippen molar-refractivity contribution in [3.8, 4) is 5.75 Å². The Kier molecular flexibility index (Phi) is 5.98. The van der Waals surface area contributed by atoms with Gasteiger partial charge in [-0.1, -0.05) is 0 Å². The van der Waals surface area contributed by atoms with Crippen LogP contribution in [0.2, 0.25) is 0 Å². The summed E-state index contributed by atoms with van der Waals surface area (Å²) >= 11 is 0. The van der Waals surface area contributed by atoms with Crippen molar-refractivity contribution < 1.29 is 14.3 Å². The molecule has 0 spiro atoms. The fourth-order valence-electron chi connectivity index (χ4n) is 2.67. The van der Waals surface area contributed by atoms with Crippen molar-refractivity contribution in [2.45, 2.75) is 6.92 Å². The lowest BCUT2D eigenvalue weighted by Crippen LogP contribution is -2.38. The Morgan fingerprint density at radius 3 is 2.72 bits per heavy atom. The average Bonchev–Trinajstić information content (AvgIpc) is 2.64. The molecule has 2 aromatic rings. The molecule has 25 heavy (non-hydrogen) atoms. The van der Waals surface area contributed by atoms with E-state index in [1.54, 1.807) is 18.3 Å². The number of morpholine rings is 1. The normalized spacial score (nSPS) is 14.9. The molecular formula is C19H23N3O3. The number of ether oxygens (including phenoxy) is 2. The molecule has 0 atom stereocenters. The maximum absolute atomic E-state index is 12.3. The van der Waals surface area contributed by atoms with Gasteiger partial charge in [0.25, 0.3) is 5.91 Å². The van der Waals surface area contributed by atoms with Gasteiger partial charge in [-0.2, -0.15) is 0 Å². The van der Waals surface area contributed by atoms with Gasteiger partial charge in [-0.3, -0.25) is 14.7 Å². The summed E-state index contributed by atoms with van der Waals surface area (Å²) in [6.45, 7) is 6.86. The first-order chi connectivity index (χ1) is 12.2. The molecule has 6 heteroatoms. The number of hydrogen-bond donors (Lipinski definition) is 1. The van der Waals surface area contributed by atoms with E-state index in [2.05, 4.69) is 15.2 Å². The number of aryl methyl sites for hydroxylation is 1. The first-order valence-electron chi connectivity index (χ1n) is 8.48. The second kappa shape index (κ2) is 8.60. The van der Waals surface area contributed by atoms with E-state index in [1.165, 1.54) is 0 Å². The Morgan fingerprint density at radius 1 is 1.24 bits per heavy atom. The van der Waals surface area contributed by atoms with Crippen LogP contribution < -0.4 is 10.1 Å². The van der Waals surface area contributed by atoms with Gasteiger partial charge in [0, 0.05) is 37.2 Å². The van der Waals surface area contributed by atoms with E-state index in [0.29, 0.717) is 17.9 Å². The number of carbonyl (C=O) groups is 1. The highest BCUT2D eigenvalue weighted by atomic mass is 16.5. The van der Waals surface area contributed by atoms with E-state index in [4.69, 9.17) is 9.47 Å². The van der Waals surface area contributed by atoms with Gasteiger partial charge in [0.15, 0.2) is 0 Å². The molecule has 1 aliphatic heterocycles. The van der Waals surface area contributed by atoms with Crippen LogP contribution in [0.5, 0.6) is 5.75 Å². The van der Waals surface area contributed by atoms with Gasteiger partial charge in [-0.15, -0.1) is 0 Å². The molecule has 132 valence electrons. The van der Waals surface area contributed by atoms with Gasteiger partial charge >= 0.3 is 0 Å². The number of carbonyl (C=O) groups excluding carboxylic acids is 1. The molecule has 1 saturated heterocycles. The summed E-state index contributed by atoms with van der Waals surface area (Å²) in [5.74, 6) is 0.635. The second-order valence-corrected chi connectivity index (χ2v) is 5.92. The molecule has 1 aromatic carbocycles. The molecular weight excluding hydrogens is 318 g/mol. The van der Waals surface area contributed by atoms with Crippen molar-refractivity contribution >= 4 is 11.6 Å². The molecule has 1 aromatic heterocycles. The van der Waals surface area contributed by atoms with Gasteiger partial charge < -0.3 is 14.8 Å². The highest BCUT2D eigenvalue weighted by Crippen LogP contribution is 2.17. The zero-order valence-corrected chi connectivity index (χ0v) is 14.4. The third kappa shape index (κ3) is 5.01. The van der Waals surface area contributed by atoms with Crippen molar-refractivity contribution in [2.75, 3.05) is 44.8 Å². The molecule has 2 heterocycles. The number of benzene rings is 1. The fourth-order valence-corrected chi connectivity index (χ4v) is 2.67. The minimum absolute atomic E-state index is 0.161. The molecule has 1 fully saturated rings. The van der Waals surface area contributed by atoms with Crippen LogP contribution >= 0.6 is 0 Å². The second-order valence-electron chi connectivity index (χ2n) is 5.92. The summed E-state index contributed by atoms with van der Waals surface area (Å²) in [6, 6.07) is 10.9. The van der Waals surface area contributed by atoms with E-state index in [0.717, 1.165) is 44.3 Å². The molecule has 1 N–H and O–H groups in total. The highest BCUT2D eigenvalue weighted by molar-refractivity contribution is 6.04. The quantitative estimate of drug-likeness (QED) is 0.874. The fraction of sp³-hybridized carbons (Fsp3) is 0.368. The number of hydrogen-bond acceptors (Lipinski definition) is 5. The third-order valence-electron chi connectivity index (χ3n) is 4.14. The molecule has 0 unspecified atom stereocenters. The SMILES string of the molecule is Cc1ncccc1C(=O)Nc1ccc(OCCN2CCOCC2)cc1. The van der Waals surface area contributed by atoms with E-state index >= 15 is 0 Å². The Labute approximate surface area is 147 Å². The van der Waals surface area contributed by atoms with Crippen LogP contribution in [0.4, 0.5) is 5.69 Å². The predicted octanol–water partition coefficient (Wildman–Crippen LogP) is 2.35. The van der Waals surface area contributed by atoms with Crippen molar-refractivity contribution in [1.82, 2.24) is 9.88 Å². The topological polar surface area (TPSA) is 63.7 Å². The monoisotopic (exact) mass is 341 g/mol. The number of nitrogens with one attached hydrogen (secondary N) is 1. The predicted molar refractivity (Wildman–Crippen MR) is 96.1 cm³/mol. The molecule has 3 rings (SSSR count). The highest BCUT2D eigenvalue weighted by Gasteiger charge is 2.11. The standard InChI is InChI=1S/C19H23N3O3/c1-15-18(3-2-8-20-15)19(23)21-16-4-6-17(7-5-16)25-14-11-22-9-12-24-13-10-22/h2-8H,9-14H2,1H3,(H,21,23). The zero-order chi connectivity index (χ0) is 17.5. The van der Waals surface area contributed by atoms with Gasteiger partial charge in [0.05, 0.1) is 18.8 Å². The van der Waals surface area contributed by atoms with Crippen molar-refractivity contribution in [3.63, 3.8) is 0 Å². The van der Waals surface area contributed by atoms with Crippen LogP contribution in [0.15, 0.2) is 42.6 Å². The summed E-state index contributed by atoms with van der Waals surface area (Å²) in [6.07, 6.45) is 1.68. The van der Waals surface area contributed by atoms with E-state index in [1.807, 2.05) is 31.2 Å². The van der Waals surface area contributed by atoms with Crippen LogP contribution in [0.25, 0.3) is 0 Å². The van der Waals surface area contributed by atoms with Gasteiger partial charge in [0.2, 0.25) is 0 Å². The lowest BCUT2D eigenvalue weighted by atomic mass is 10.2. The number of pyridine rings is 1. The third-order valence-corrected chi connectivity index (χ3v) is 4.14. The summed E-state index contributed by atoms with van der Waals surface area (Å²) in [5, 5.41) is 2.88. The minimum Gasteiger partial charge on any atom is -0.492 e. The van der Waals surface area contributed by atoms with Crippen LogP contribution in [0.1, 0.15) is 16.1 Å². The molecule has 1 aliphatic rings. The van der Waals surface area contributed by atoms with Crippen LogP contribution in [0.3, 0.4) is 0 Å². The van der Waals surface area contributed by atoms with Gasteiger partial charge in [-0.05, 0) is 43.3 Å². The Bertz CT molecular complexity index is 697. The first-order valence-corrected chi connectivity index (χ1v) is 8.48. The van der Waals surface area contributed by atoms with E-state index in [9.17, 15) is 4.79 Å². The smallest absolute Gasteiger partial charge is 0.257 e. The van der Waals surface area contributed by atoms with Crippen LogP contribution in [0, 0.1) is 6.92 Å².